The minimum atomic E-state index is -0.0261. The van der Waals surface area contributed by atoms with Gasteiger partial charge in [0.1, 0.15) is 0 Å². The van der Waals surface area contributed by atoms with E-state index in [4.69, 9.17) is 5.73 Å². The lowest BCUT2D eigenvalue weighted by Crippen LogP contribution is -2.19. The lowest BCUT2D eigenvalue weighted by atomic mass is 10.00. The Kier molecular flexibility index (Phi) is 4.84. The molecule has 0 bridgehead atoms. The van der Waals surface area contributed by atoms with E-state index in [9.17, 15) is 4.79 Å². The molecule has 2 aromatic heterocycles. The highest BCUT2D eigenvalue weighted by molar-refractivity contribution is 5.84. The molecule has 0 saturated heterocycles. The van der Waals surface area contributed by atoms with Crippen LogP contribution in [0.25, 0.3) is 22.0 Å². The number of rotatable bonds is 1. The number of aryl methyl sites for hydroxylation is 3. The zero-order valence-corrected chi connectivity index (χ0v) is 14.3. The fourth-order valence-corrected chi connectivity index (χ4v) is 2.59. The van der Waals surface area contributed by atoms with Crippen molar-refractivity contribution in [2.75, 3.05) is 5.73 Å². The van der Waals surface area contributed by atoms with Gasteiger partial charge in [-0.1, -0.05) is 19.9 Å². The third-order valence-electron chi connectivity index (χ3n) is 3.80. The molecule has 3 rings (SSSR count). The summed E-state index contributed by atoms with van der Waals surface area (Å²) in [4.78, 5) is 17.0. The number of nitrogen functional groups attached to an aromatic ring is 1. The Labute approximate surface area is 136 Å². The summed E-state index contributed by atoms with van der Waals surface area (Å²) in [5.41, 5.74) is 10.8. The van der Waals surface area contributed by atoms with Crippen molar-refractivity contribution < 1.29 is 0 Å². The van der Waals surface area contributed by atoms with Crippen molar-refractivity contribution in [1.29, 1.82) is 0 Å². The summed E-state index contributed by atoms with van der Waals surface area (Å²) >= 11 is 0. The molecule has 2 heterocycles. The Hall–Kier alpha value is -2.62. The Bertz CT molecular complexity index is 910. The summed E-state index contributed by atoms with van der Waals surface area (Å²) in [5.74, 6) is 0. The smallest absolute Gasteiger partial charge is 0.258 e. The highest BCUT2D eigenvalue weighted by atomic mass is 16.1. The maximum absolute atomic E-state index is 12.7. The van der Waals surface area contributed by atoms with Gasteiger partial charge in [-0.25, -0.2) is 0 Å². The van der Waals surface area contributed by atoms with Gasteiger partial charge in [-0.3, -0.25) is 9.78 Å². The minimum Gasteiger partial charge on any atom is -0.399 e. The fraction of sp³-hybridized carbons (Fsp3) is 0.263. The Morgan fingerprint density at radius 3 is 2.43 bits per heavy atom. The molecule has 120 valence electrons. The second-order valence-electron chi connectivity index (χ2n) is 5.38. The maximum atomic E-state index is 12.7. The molecule has 2 N–H and O–H groups in total. The summed E-state index contributed by atoms with van der Waals surface area (Å²) in [6.07, 6.45) is 1.80. The summed E-state index contributed by atoms with van der Waals surface area (Å²) in [5, 5.41) is 0.944. The van der Waals surface area contributed by atoms with E-state index in [1.807, 2.05) is 58.0 Å². The average molecular weight is 309 g/mol. The molecule has 4 heteroatoms. The van der Waals surface area contributed by atoms with E-state index in [-0.39, 0.29) is 5.56 Å². The van der Waals surface area contributed by atoms with Crippen molar-refractivity contribution >= 4 is 16.6 Å². The van der Waals surface area contributed by atoms with Gasteiger partial charge in [0.2, 0.25) is 0 Å². The van der Waals surface area contributed by atoms with Crippen LogP contribution >= 0.6 is 0 Å². The highest BCUT2D eigenvalue weighted by Crippen LogP contribution is 2.25. The number of nitrogens with zero attached hydrogens (tertiary/aromatic N) is 2. The van der Waals surface area contributed by atoms with Crippen molar-refractivity contribution in [3.8, 4) is 11.1 Å². The lowest BCUT2D eigenvalue weighted by Gasteiger charge is -2.11. The van der Waals surface area contributed by atoms with E-state index in [0.717, 1.165) is 27.7 Å². The van der Waals surface area contributed by atoms with Crippen LogP contribution < -0.4 is 11.3 Å². The van der Waals surface area contributed by atoms with Crippen LogP contribution in [0, 0.1) is 13.8 Å². The molecular formula is C19H23N3O. The molecule has 0 amide bonds. The van der Waals surface area contributed by atoms with E-state index < -0.39 is 0 Å². The molecule has 0 aliphatic rings. The molecule has 0 fully saturated rings. The van der Waals surface area contributed by atoms with Crippen LogP contribution in [0.15, 0.2) is 41.3 Å². The number of benzene rings is 1. The molecule has 0 radical (unpaired) electrons. The van der Waals surface area contributed by atoms with Crippen LogP contribution in [0.2, 0.25) is 0 Å². The van der Waals surface area contributed by atoms with Gasteiger partial charge in [-0.15, -0.1) is 0 Å². The molecule has 3 aromatic rings. The quantitative estimate of drug-likeness (QED) is 0.695. The average Bonchev–Trinajstić information content (AvgIpc) is 2.56. The van der Waals surface area contributed by atoms with E-state index in [2.05, 4.69) is 4.98 Å². The predicted molar refractivity (Wildman–Crippen MR) is 97.7 cm³/mol. The zero-order chi connectivity index (χ0) is 17.1. The first kappa shape index (κ1) is 16.7. The van der Waals surface area contributed by atoms with Crippen molar-refractivity contribution in [1.82, 2.24) is 9.55 Å². The topological polar surface area (TPSA) is 60.9 Å². The second-order valence-corrected chi connectivity index (χ2v) is 5.38. The van der Waals surface area contributed by atoms with E-state index in [0.29, 0.717) is 11.3 Å². The van der Waals surface area contributed by atoms with Crippen LogP contribution in [0.1, 0.15) is 25.1 Å². The van der Waals surface area contributed by atoms with Crippen LogP contribution in [-0.2, 0) is 7.05 Å². The molecule has 0 saturated carbocycles. The van der Waals surface area contributed by atoms with Gasteiger partial charge in [0.05, 0.1) is 5.52 Å². The molecule has 4 nitrogen and oxygen atoms in total. The number of pyridine rings is 2. The van der Waals surface area contributed by atoms with Crippen LogP contribution in [0.3, 0.4) is 0 Å². The highest BCUT2D eigenvalue weighted by Gasteiger charge is 2.11. The summed E-state index contributed by atoms with van der Waals surface area (Å²) < 4.78 is 1.67. The Morgan fingerprint density at radius 1 is 1.04 bits per heavy atom. The first-order valence-electron chi connectivity index (χ1n) is 7.80. The van der Waals surface area contributed by atoms with Gasteiger partial charge in [0, 0.05) is 35.6 Å². The number of aromatic nitrogens is 2. The summed E-state index contributed by atoms with van der Waals surface area (Å²) in [6, 6.07) is 9.44. The largest absolute Gasteiger partial charge is 0.399 e. The first-order chi connectivity index (χ1) is 11.0. The molecule has 0 aliphatic heterocycles. The zero-order valence-electron chi connectivity index (χ0n) is 14.3. The van der Waals surface area contributed by atoms with E-state index in [1.54, 1.807) is 17.8 Å². The molecule has 23 heavy (non-hydrogen) atoms. The van der Waals surface area contributed by atoms with Crippen molar-refractivity contribution in [3.63, 3.8) is 0 Å². The summed E-state index contributed by atoms with van der Waals surface area (Å²) in [7, 11) is 1.79. The third-order valence-corrected chi connectivity index (χ3v) is 3.80. The standard InChI is InChI=1S/C17H17N3O.C2H6/c1-10-4-5-13(18)8-14(10)15-7-12-9-19-11(2)6-16(12)20(3)17(15)21;1-2/h4-9H,18H2,1-3H3;1-2H3. The normalized spacial score (nSPS) is 10.3. The van der Waals surface area contributed by atoms with Crippen LogP contribution in [-0.4, -0.2) is 9.55 Å². The van der Waals surface area contributed by atoms with Gasteiger partial charge in [-0.2, -0.15) is 0 Å². The van der Waals surface area contributed by atoms with E-state index >= 15 is 0 Å². The number of hydrogen-bond donors (Lipinski definition) is 1. The molecule has 0 atom stereocenters. The molecule has 0 unspecified atom stereocenters. The SMILES string of the molecule is CC.Cc1cc2c(cn1)cc(-c1cc(N)ccc1C)c(=O)n2C. The van der Waals surface area contributed by atoms with Gasteiger partial charge in [-0.05, 0) is 49.2 Å². The number of anilines is 1. The molecule has 1 aromatic carbocycles. The third kappa shape index (κ3) is 3.11. The molecule has 0 spiro atoms. The van der Waals surface area contributed by atoms with Gasteiger partial charge in [0.25, 0.3) is 5.56 Å². The van der Waals surface area contributed by atoms with Crippen molar-refractivity contribution in [3.05, 3.63) is 58.1 Å². The number of hydrogen-bond acceptors (Lipinski definition) is 3. The Balaban J connectivity index is 0.000000924. The Morgan fingerprint density at radius 2 is 1.74 bits per heavy atom. The van der Waals surface area contributed by atoms with Crippen LogP contribution in [0.5, 0.6) is 0 Å². The van der Waals surface area contributed by atoms with Gasteiger partial charge in [0.15, 0.2) is 0 Å². The van der Waals surface area contributed by atoms with Gasteiger partial charge >= 0.3 is 0 Å². The molecule has 0 aliphatic carbocycles. The predicted octanol–water partition coefficient (Wildman–Crippen LogP) is 3.83. The number of fused-ring (bicyclic) bond motifs is 1. The van der Waals surface area contributed by atoms with Gasteiger partial charge < -0.3 is 10.3 Å². The number of nitrogens with two attached hydrogens (primary N) is 1. The second kappa shape index (κ2) is 6.65. The van der Waals surface area contributed by atoms with Crippen molar-refractivity contribution in [2.24, 2.45) is 7.05 Å². The van der Waals surface area contributed by atoms with Crippen molar-refractivity contribution in [2.45, 2.75) is 27.7 Å². The van der Waals surface area contributed by atoms with Crippen LogP contribution in [0.4, 0.5) is 5.69 Å². The monoisotopic (exact) mass is 309 g/mol. The fourth-order valence-electron chi connectivity index (χ4n) is 2.59. The van der Waals surface area contributed by atoms with E-state index in [1.165, 1.54) is 0 Å². The maximum Gasteiger partial charge on any atom is 0.258 e. The first-order valence-corrected chi connectivity index (χ1v) is 7.80. The molecular weight excluding hydrogens is 286 g/mol. The minimum absolute atomic E-state index is 0.0261. The summed E-state index contributed by atoms with van der Waals surface area (Å²) in [6.45, 7) is 7.89. The lowest BCUT2D eigenvalue weighted by molar-refractivity contribution is 0.905.